The van der Waals surface area contributed by atoms with Gasteiger partial charge in [-0.1, -0.05) is 6.07 Å². The molecule has 12 heavy (non-hydrogen) atoms. The summed E-state index contributed by atoms with van der Waals surface area (Å²) in [5, 5.41) is 1.87. The SMILES string of the molecule is NCCS(=O)(=O)Cc1cccs1. The molecule has 0 aromatic carbocycles. The first kappa shape index (κ1) is 9.70. The fourth-order valence-electron chi connectivity index (χ4n) is 0.863. The van der Waals surface area contributed by atoms with Gasteiger partial charge in [-0.2, -0.15) is 0 Å². The summed E-state index contributed by atoms with van der Waals surface area (Å²) in [5.41, 5.74) is 5.17. The van der Waals surface area contributed by atoms with Gasteiger partial charge >= 0.3 is 0 Å². The van der Waals surface area contributed by atoms with E-state index in [9.17, 15) is 8.42 Å². The topological polar surface area (TPSA) is 60.2 Å². The Morgan fingerprint density at radius 2 is 2.25 bits per heavy atom. The van der Waals surface area contributed by atoms with Gasteiger partial charge in [0.25, 0.3) is 0 Å². The molecule has 68 valence electrons. The zero-order valence-corrected chi connectivity index (χ0v) is 8.20. The van der Waals surface area contributed by atoms with E-state index >= 15 is 0 Å². The van der Waals surface area contributed by atoms with Gasteiger partial charge in [-0.3, -0.25) is 0 Å². The van der Waals surface area contributed by atoms with Gasteiger partial charge in [0.2, 0.25) is 0 Å². The van der Waals surface area contributed by atoms with E-state index in [1.54, 1.807) is 0 Å². The third kappa shape index (κ3) is 2.92. The lowest BCUT2D eigenvalue weighted by Crippen LogP contribution is -2.16. The van der Waals surface area contributed by atoms with Gasteiger partial charge in [0.1, 0.15) is 0 Å². The van der Waals surface area contributed by atoms with E-state index in [-0.39, 0.29) is 18.1 Å². The standard InChI is InChI=1S/C7H11NO2S2/c8-3-5-12(9,10)6-7-2-1-4-11-7/h1-2,4H,3,5-6,8H2. The highest BCUT2D eigenvalue weighted by atomic mass is 32.2. The van der Waals surface area contributed by atoms with Gasteiger partial charge < -0.3 is 5.73 Å². The Bertz CT molecular complexity index is 315. The Morgan fingerprint density at radius 1 is 1.50 bits per heavy atom. The first-order valence-electron chi connectivity index (χ1n) is 3.57. The van der Waals surface area contributed by atoms with E-state index in [0.29, 0.717) is 0 Å². The molecule has 3 nitrogen and oxygen atoms in total. The number of sulfone groups is 1. The van der Waals surface area contributed by atoms with Gasteiger partial charge in [0, 0.05) is 11.4 Å². The maximum absolute atomic E-state index is 11.2. The summed E-state index contributed by atoms with van der Waals surface area (Å²) in [6.07, 6.45) is 0. The van der Waals surface area contributed by atoms with Crippen molar-refractivity contribution in [3.8, 4) is 0 Å². The highest BCUT2D eigenvalue weighted by Gasteiger charge is 2.10. The Kier molecular flexibility index (Phi) is 3.25. The molecule has 0 aliphatic carbocycles. The van der Waals surface area contributed by atoms with Crippen LogP contribution in [0.5, 0.6) is 0 Å². The molecule has 0 bridgehead atoms. The van der Waals surface area contributed by atoms with Gasteiger partial charge in [-0.25, -0.2) is 8.42 Å². The smallest absolute Gasteiger partial charge is 0.156 e. The van der Waals surface area contributed by atoms with E-state index in [1.807, 2.05) is 17.5 Å². The number of hydrogen-bond acceptors (Lipinski definition) is 4. The Balaban J connectivity index is 2.63. The lowest BCUT2D eigenvalue weighted by atomic mass is 10.5. The average molecular weight is 205 g/mol. The molecule has 0 saturated heterocycles. The summed E-state index contributed by atoms with van der Waals surface area (Å²) in [5.74, 6) is 0.201. The van der Waals surface area contributed by atoms with Crippen molar-refractivity contribution in [2.75, 3.05) is 12.3 Å². The van der Waals surface area contributed by atoms with Crippen molar-refractivity contribution in [2.24, 2.45) is 5.73 Å². The molecule has 0 unspecified atom stereocenters. The molecular weight excluding hydrogens is 194 g/mol. The molecule has 0 atom stereocenters. The first-order chi connectivity index (χ1) is 5.64. The van der Waals surface area contributed by atoms with Crippen LogP contribution in [-0.2, 0) is 15.6 Å². The summed E-state index contributed by atoms with van der Waals surface area (Å²) in [7, 11) is -2.97. The third-order valence-electron chi connectivity index (χ3n) is 1.37. The van der Waals surface area contributed by atoms with E-state index in [0.717, 1.165) is 4.88 Å². The molecule has 0 spiro atoms. The number of nitrogens with two attached hydrogens (primary N) is 1. The van der Waals surface area contributed by atoms with Crippen LogP contribution in [0.25, 0.3) is 0 Å². The van der Waals surface area contributed by atoms with Crippen LogP contribution >= 0.6 is 11.3 Å². The molecule has 1 aromatic heterocycles. The van der Waals surface area contributed by atoms with Crippen molar-refractivity contribution in [3.05, 3.63) is 22.4 Å². The number of hydrogen-bond donors (Lipinski definition) is 1. The van der Waals surface area contributed by atoms with Crippen LogP contribution in [0.15, 0.2) is 17.5 Å². The normalized spacial score (nSPS) is 11.8. The zero-order chi connectivity index (χ0) is 9.03. The summed E-state index contributed by atoms with van der Waals surface area (Å²) < 4.78 is 22.4. The van der Waals surface area contributed by atoms with Gasteiger partial charge in [0.15, 0.2) is 9.84 Å². The summed E-state index contributed by atoms with van der Waals surface area (Å²) >= 11 is 1.46. The maximum Gasteiger partial charge on any atom is 0.156 e. The largest absolute Gasteiger partial charge is 0.329 e. The van der Waals surface area contributed by atoms with Crippen molar-refractivity contribution in [1.29, 1.82) is 0 Å². The fourth-order valence-corrected chi connectivity index (χ4v) is 3.20. The van der Waals surface area contributed by atoms with Crippen LogP contribution in [-0.4, -0.2) is 20.7 Å². The van der Waals surface area contributed by atoms with Crippen molar-refractivity contribution >= 4 is 21.2 Å². The van der Waals surface area contributed by atoms with Gasteiger partial charge in [0.05, 0.1) is 11.5 Å². The molecule has 0 saturated carbocycles. The van der Waals surface area contributed by atoms with E-state index in [2.05, 4.69) is 0 Å². The van der Waals surface area contributed by atoms with Crippen molar-refractivity contribution in [1.82, 2.24) is 0 Å². The molecule has 1 rings (SSSR count). The van der Waals surface area contributed by atoms with Crippen LogP contribution in [0, 0.1) is 0 Å². The second kappa shape index (κ2) is 4.02. The number of thiophene rings is 1. The zero-order valence-electron chi connectivity index (χ0n) is 6.56. The quantitative estimate of drug-likeness (QED) is 0.784. The summed E-state index contributed by atoms with van der Waals surface area (Å²) in [4.78, 5) is 0.878. The van der Waals surface area contributed by atoms with Crippen molar-refractivity contribution < 1.29 is 8.42 Å². The van der Waals surface area contributed by atoms with E-state index < -0.39 is 9.84 Å². The highest BCUT2D eigenvalue weighted by Crippen LogP contribution is 2.12. The first-order valence-corrected chi connectivity index (χ1v) is 6.27. The molecule has 1 aromatic rings. The Morgan fingerprint density at radius 3 is 2.75 bits per heavy atom. The summed E-state index contributed by atoms with van der Waals surface area (Å²) in [6, 6.07) is 3.66. The van der Waals surface area contributed by atoms with Gasteiger partial charge in [-0.05, 0) is 11.4 Å². The molecule has 0 fully saturated rings. The molecule has 0 amide bonds. The van der Waals surface area contributed by atoms with Gasteiger partial charge in [-0.15, -0.1) is 11.3 Å². The molecule has 0 radical (unpaired) electrons. The predicted molar refractivity (Wildman–Crippen MR) is 50.9 cm³/mol. The van der Waals surface area contributed by atoms with E-state index in [4.69, 9.17) is 5.73 Å². The highest BCUT2D eigenvalue weighted by molar-refractivity contribution is 7.90. The van der Waals surface area contributed by atoms with Crippen LogP contribution in [0.1, 0.15) is 4.88 Å². The van der Waals surface area contributed by atoms with Crippen molar-refractivity contribution in [2.45, 2.75) is 5.75 Å². The maximum atomic E-state index is 11.2. The predicted octanol–water partition coefficient (Wildman–Crippen LogP) is 0.622. The monoisotopic (exact) mass is 205 g/mol. The second-order valence-electron chi connectivity index (χ2n) is 2.46. The third-order valence-corrected chi connectivity index (χ3v) is 4.04. The minimum atomic E-state index is -2.97. The Labute approximate surface area is 76.1 Å². The molecule has 0 aliphatic heterocycles. The van der Waals surface area contributed by atoms with E-state index in [1.165, 1.54) is 11.3 Å². The lowest BCUT2D eigenvalue weighted by molar-refractivity contribution is 0.595. The minimum absolute atomic E-state index is 0.0743. The molecule has 0 aliphatic rings. The van der Waals surface area contributed by atoms with Crippen LogP contribution in [0.2, 0.25) is 0 Å². The molecule has 1 heterocycles. The number of rotatable bonds is 4. The van der Waals surface area contributed by atoms with Crippen LogP contribution < -0.4 is 5.73 Å². The molecular formula is C7H11NO2S2. The lowest BCUT2D eigenvalue weighted by Gasteiger charge is -1.98. The second-order valence-corrected chi connectivity index (χ2v) is 5.68. The van der Waals surface area contributed by atoms with Crippen LogP contribution in [0.3, 0.4) is 0 Å². The molecule has 2 N–H and O–H groups in total. The fraction of sp³-hybridized carbons (Fsp3) is 0.429. The minimum Gasteiger partial charge on any atom is -0.329 e. The van der Waals surface area contributed by atoms with Crippen molar-refractivity contribution in [3.63, 3.8) is 0 Å². The van der Waals surface area contributed by atoms with Crippen LogP contribution in [0.4, 0.5) is 0 Å². The average Bonchev–Trinajstić information content (AvgIpc) is 2.38. The Hall–Kier alpha value is -0.390. The summed E-state index contributed by atoms with van der Waals surface area (Å²) in [6.45, 7) is 0.202. The molecule has 5 heteroatoms.